The number of aromatic amines is 1. The standard InChI is InChI=1S/C21H16ClF3N2O4S/c1-32(29,30)18-7-4-14(19(22)9-18)12-27-20(28)16-8-15(10-26-11-16)13-2-5-17(6-3-13)31-21(23,24)25/h2-11H,12H2,1H3,(H,27,28)/p+1. The molecule has 1 heterocycles. The lowest BCUT2D eigenvalue weighted by Crippen LogP contribution is -2.24. The molecule has 2 N–H and O–H groups in total. The number of hydrogen-bond acceptors (Lipinski definition) is 4. The van der Waals surface area contributed by atoms with E-state index in [9.17, 15) is 26.4 Å². The molecule has 0 bridgehead atoms. The van der Waals surface area contributed by atoms with Crippen molar-refractivity contribution in [3.8, 4) is 16.9 Å². The topological polar surface area (TPSA) is 86.6 Å². The Bertz CT molecular complexity index is 1250. The second-order valence-corrected chi connectivity index (χ2v) is 9.21. The number of hydrogen-bond donors (Lipinski definition) is 1. The SMILES string of the molecule is CS(=O)(=O)c1ccc(CNC(=O)c2c[nH+]cc(-c3ccc(OC(F)(F)F)cc3)c2)c(Cl)c1. The first-order valence-corrected chi connectivity index (χ1v) is 11.3. The van der Waals surface area contributed by atoms with Gasteiger partial charge in [0.25, 0.3) is 5.91 Å². The van der Waals surface area contributed by atoms with Gasteiger partial charge in [-0.2, -0.15) is 0 Å². The molecule has 11 heteroatoms. The molecule has 0 radical (unpaired) electrons. The number of H-pyrrole nitrogens is 1. The van der Waals surface area contributed by atoms with Crippen molar-refractivity contribution in [1.29, 1.82) is 0 Å². The van der Waals surface area contributed by atoms with Crippen LogP contribution in [0, 0.1) is 0 Å². The minimum absolute atomic E-state index is 0.0649. The summed E-state index contributed by atoms with van der Waals surface area (Å²) in [5.74, 6) is -0.777. The Balaban J connectivity index is 1.71. The van der Waals surface area contributed by atoms with Gasteiger partial charge in [-0.15, -0.1) is 13.2 Å². The Morgan fingerprint density at radius 2 is 1.75 bits per heavy atom. The molecule has 0 aliphatic rings. The summed E-state index contributed by atoms with van der Waals surface area (Å²) in [4.78, 5) is 15.4. The monoisotopic (exact) mass is 485 g/mol. The second kappa shape index (κ2) is 9.17. The van der Waals surface area contributed by atoms with Crippen molar-refractivity contribution in [2.75, 3.05) is 6.26 Å². The summed E-state index contributed by atoms with van der Waals surface area (Å²) < 4.78 is 63.9. The molecule has 3 rings (SSSR count). The quantitative estimate of drug-likeness (QED) is 0.570. The number of amides is 1. The third-order valence-electron chi connectivity index (χ3n) is 4.36. The van der Waals surface area contributed by atoms with Gasteiger partial charge in [0.2, 0.25) is 0 Å². The van der Waals surface area contributed by atoms with E-state index in [0.29, 0.717) is 16.7 Å². The van der Waals surface area contributed by atoms with E-state index in [0.717, 1.165) is 6.26 Å². The number of halogens is 4. The first-order chi connectivity index (χ1) is 14.9. The number of carbonyl (C=O) groups is 1. The molecular weight excluding hydrogens is 469 g/mol. The van der Waals surface area contributed by atoms with Gasteiger partial charge in [0.15, 0.2) is 22.2 Å². The maximum absolute atomic E-state index is 12.5. The largest absolute Gasteiger partial charge is 0.573 e. The molecule has 0 spiro atoms. The van der Waals surface area contributed by atoms with Crippen LogP contribution in [0.2, 0.25) is 5.02 Å². The number of rotatable bonds is 6. The molecule has 0 atom stereocenters. The molecule has 2 aromatic carbocycles. The minimum atomic E-state index is -4.78. The van der Waals surface area contributed by atoms with Gasteiger partial charge >= 0.3 is 6.36 Å². The highest BCUT2D eigenvalue weighted by Crippen LogP contribution is 2.26. The van der Waals surface area contributed by atoms with Crippen molar-refractivity contribution >= 4 is 27.3 Å². The smallest absolute Gasteiger partial charge is 0.406 e. The van der Waals surface area contributed by atoms with Crippen LogP contribution < -0.4 is 15.0 Å². The molecule has 6 nitrogen and oxygen atoms in total. The molecule has 3 aromatic rings. The van der Waals surface area contributed by atoms with E-state index in [2.05, 4.69) is 15.0 Å². The fourth-order valence-electron chi connectivity index (χ4n) is 2.80. The summed E-state index contributed by atoms with van der Waals surface area (Å²) in [6, 6.07) is 11.0. The van der Waals surface area contributed by atoms with Crippen LogP contribution in [0.25, 0.3) is 11.1 Å². The lowest BCUT2D eigenvalue weighted by atomic mass is 10.1. The molecule has 0 saturated carbocycles. The molecule has 0 aliphatic carbocycles. The summed E-state index contributed by atoms with van der Waals surface area (Å²) in [6.45, 7) is 0.0649. The van der Waals surface area contributed by atoms with Crippen LogP contribution in [0.15, 0.2) is 65.8 Å². The van der Waals surface area contributed by atoms with Gasteiger partial charge in [0.1, 0.15) is 11.3 Å². The van der Waals surface area contributed by atoms with E-state index in [1.54, 1.807) is 12.3 Å². The third kappa shape index (κ3) is 6.21. The van der Waals surface area contributed by atoms with E-state index in [4.69, 9.17) is 11.6 Å². The van der Waals surface area contributed by atoms with E-state index < -0.39 is 22.1 Å². The minimum Gasteiger partial charge on any atom is -0.406 e. The van der Waals surface area contributed by atoms with Crippen molar-refractivity contribution in [3.05, 3.63) is 77.1 Å². The fourth-order valence-corrected chi connectivity index (χ4v) is 3.76. The summed E-state index contributed by atoms with van der Waals surface area (Å²) in [5, 5.41) is 2.89. The first kappa shape index (κ1) is 23.6. The Morgan fingerprint density at radius 3 is 2.34 bits per heavy atom. The van der Waals surface area contributed by atoms with Crippen LogP contribution in [-0.2, 0) is 16.4 Å². The van der Waals surface area contributed by atoms with Crippen LogP contribution in [0.3, 0.4) is 0 Å². The third-order valence-corrected chi connectivity index (χ3v) is 5.83. The molecule has 168 valence electrons. The number of carbonyl (C=O) groups excluding carboxylic acids is 1. The van der Waals surface area contributed by atoms with Gasteiger partial charge in [-0.25, -0.2) is 13.4 Å². The van der Waals surface area contributed by atoms with Crippen molar-refractivity contribution in [2.24, 2.45) is 0 Å². The maximum atomic E-state index is 12.5. The van der Waals surface area contributed by atoms with Crippen LogP contribution in [0.1, 0.15) is 15.9 Å². The highest BCUT2D eigenvalue weighted by molar-refractivity contribution is 7.90. The summed E-state index contributed by atoms with van der Waals surface area (Å²) in [7, 11) is -3.40. The van der Waals surface area contributed by atoms with Gasteiger partial charge in [-0.3, -0.25) is 4.79 Å². The lowest BCUT2D eigenvalue weighted by molar-refractivity contribution is -0.377. The molecular formula is C21H17ClF3N2O4S+. The number of aromatic nitrogens is 1. The van der Waals surface area contributed by atoms with Crippen molar-refractivity contribution < 1.29 is 36.1 Å². The fraction of sp³-hybridized carbons (Fsp3) is 0.143. The average molecular weight is 486 g/mol. The van der Waals surface area contributed by atoms with Crippen molar-refractivity contribution in [2.45, 2.75) is 17.8 Å². The zero-order chi connectivity index (χ0) is 23.5. The first-order valence-electron chi connectivity index (χ1n) is 9.06. The van der Waals surface area contributed by atoms with Crippen molar-refractivity contribution in [1.82, 2.24) is 5.32 Å². The zero-order valence-corrected chi connectivity index (χ0v) is 18.1. The highest BCUT2D eigenvalue weighted by atomic mass is 35.5. The van der Waals surface area contributed by atoms with E-state index >= 15 is 0 Å². The number of nitrogens with one attached hydrogen (secondary N) is 2. The number of pyridine rings is 1. The van der Waals surface area contributed by atoms with Crippen LogP contribution in [0.4, 0.5) is 13.2 Å². The summed E-state index contributed by atoms with van der Waals surface area (Å²) in [5.41, 5.74) is 1.96. The van der Waals surface area contributed by atoms with Gasteiger partial charge in [0, 0.05) is 23.4 Å². The molecule has 1 aromatic heterocycles. The Labute approximate surface area is 186 Å². The van der Waals surface area contributed by atoms with Gasteiger partial charge < -0.3 is 10.1 Å². The Kier molecular flexibility index (Phi) is 6.75. The van der Waals surface area contributed by atoms with Crippen LogP contribution in [0.5, 0.6) is 5.75 Å². The van der Waals surface area contributed by atoms with E-state index in [-0.39, 0.29) is 27.8 Å². The molecule has 32 heavy (non-hydrogen) atoms. The van der Waals surface area contributed by atoms with Crippen molar-refractivity contribution in [3.63, 3.8) is 0 Å². The molecule has 1 amide bonds. The molecule has 0 fully saturated rings. The summed E-state index contributed by atoms with van der Waals surface area (Å²) >= 11 is 6.12. The van der Waals surface area contributed by atoms with Gasteiger partial charge in [-0.1, -0.05) is 29.8 Å². The molecule has 0 saturated heterocycles. The maximum Gasteiger partial charge on any atom is 0.573 e. The Morgan fingerprint density at radius 1 is 1.06 bits per heavy atom. The highest BCUT2D eigenvalue weighted by Gasteiger charge is 2.31. The van der Waals surface area contributed by atoms with E-state index in [1.165, 1.54) is 48.7 Å². The predicted octanol–water partition coefficient (Wildman–Crippen LogP) is 4.05. The zero-order valence-electron chi connectivity index (χ0n) is 16.5. The lowest BCUT2D eigenvalue weighted by Gasteiger charge is -2.09. The second-order valence-electron chi connectivity index (χ2n) is 6.79. The van der Waals surface area contributed by atoms with E-state index in [1.807, 2.05) is 0 Å². The number of ether oxygens (including phenoxy) is 1. The average Bonchev–Trinajstić information content (AvgIpc) is 2.71. The normalized spacial score (nSPS) is 11.8. The van der Waals surface area contributed by atoms with Crippen LogP contribution in [-0.4, -0.2) is 26.9 Å². The number of benzene rings is 2. The molecule has 0 aliphatic heterocycles. The van der Waals surface area contributed by atoms with Crippen LogP contribution >= 0.6 is 11.6 Å². The predicted molar refractivity (Wildman–Crippen MR) is 111 cm³/mol. The summed E-state index contributed by atoms with van der Waals surface area (Å²) in [6.07, 6.45) is -0.646. The van der Waals surface area contributed by atoms with Gasteiger partial charge in [-0.05, 0) is 41.5 Å². The number of alkyl halides is 3. The number of sulfone groups is 1. The molecule has 0 unspecified atom stereocenters. The van der Waals surface area contributed by atoms with Gasteiger partial charge in [0.05, 0.1) is 4.90 Å². The Hall–Kier alpha value is -3.11.